The maximum absolute atomic E-state index is 6.58. The summed E-state index contributed by atoms with van der Waals surface area (Å²) in [4.78, 5) is 0. The van der Waals surface area contributed by atoms with E-state index in [4.69, 9.17) is 11.6 Å². The summed E-state index contributed by atoms with van der Waals surface area (Å²) in [6, 6.07) is 19.6. The molecule has 0 spiro atoms. The van der Waals surface area contributed by atoms with Crippen molar-refractivity contribution in [2.24, 2.45) is 0 Å². The molecule has 0 saturated heterocycles. The van der Waals surface area contributed by atoms with Crippen LogP contribution in [-0.4, -0.2) is 13.1 Å². The first-order valence-corrected chi connectivity index (χ1v) is 9.30. The summed E-state index contributed by atoms with van der Waals surface area (Å²) >= 11 is 6.58. The molecule has 0 radical (unpaired) electrons. The van der Waals surface area contributed by atoms with Crippen LogP contribution in [0.25, 0.3) is 0 Å². The monoisotopic (exact) mass is 342 g/mol. The highest BCUT2D eigenvalue weighted by Crippen LogP contribution is 2.41. The maximum atomic E-state index is 6.58. The van der Waals surface area contributed by atoms with Gasteiger partial charge in [-0.3, -0.25) is 0 Å². The molecule has 1 saturated carbocycles. The number of likely N-dealkylation sites (N-methyl/N-ethyl adjacent to an activating group) is 1. The highest BCUT2D eigenvalue weighted by Gasteiger charge is 2.42. The highest BCUT2D eigenvalue weighted by atomic mass is 35.5. The van der Waals surface area contributed by atoms with Gasteiger partial charge >= 0.3 is 0 Å². The van der Waals surface area contributed by atoms with Crippen LogP contribution in [-0.2, 0) is 5.54 Å². The molecule has 0 aromatic heterocycles. The van der Waals surface area contributed by atoms with Gasteiger partial charge in [-0.15, -0.1) is 0 Å². The van der Waals surface area contributed by atoms with Crippen LogP contribution in [0.3, 0.4) is 0 Å². The van der Waals surface area contributed by atoms with Crippen molar-refractivity contribution >= 4 is 11.6 Å². The Kier molecular flexibility index (Phi) is 5.60. The number of rotatable bonds is 5. The molecule has 3 atom stereocenters. The van der Waals surface area contributed by atoms with Crippen molar-refractivity contribution < 1.29 is 0 Å². The fraction of sp³-hybridized carbons (Fsp3) is 0.429. The van der Waals surface area contributed by atoms with Crippen LogP contribution in [0.4, 0.5) is 0 Å². The largest absolute Gasteiger partial charge is 0.309 e. The molecule has 0 bridgehead atoms. The van der Waals surface area contributed by atoms with Crippen LogP contribution < -0.4 is 10.6 Å². The minimum Gasteiger partial charge on any atom is -0.309 e. The number of halogens is 1. The Morgan fingerprint density at radius 1 is 1.04 bits per heavy atom. The Labute approximate surface area is 150 Å². The molecule has 2 N–H and O–H groups in total. The van der Waals surface area contributed by atoms with Crippen molar-refractivity contribution in [3.05, 3.63) is 70.7 Å². The van der Waals surface area contributed by atoms with E-state index in [9.17, 15) is 0 Å². The second-order valence-corrected chi connectivity index (χ2v) is 7.21. The maximum Gasteiger partial charge on any atom is 0.0602 e. The van der Waals surface area contributed by atoms with Crippen molar-refractivity contribution in [1.29, 1.82) is 0 Å². The predicted molar refractivity (Wildman–Crippen MR) is 102 cm³/mol. The molecule has 2 aromatic rings. The molecule has 1 aliphatic rings. The summed E-state index contributed by atoms with van der Waals surface area (Å²) in [7, 11) is 2.07. The van der Waals surface area contributed by atoms with Gasteiger partial charge in [-0.25, -0.2) is 0 Å². The lowest BCUT2D eigenvalue weighted by molar-refractivity contribution is 0.168. The Hall–Kier alpha value is -1.35. The number of hydrogen-bond acceptors (Lipinski definition) is 2. The molecule has 3 heteroatoms. The summed E-state index contributed by atoms with van der Waals surface area (Å²) in [6.07, 6.45) is 4.74. The molecule has 0 heterocycles. The molecule has 1 fully saturated rings. The number of nitrogens with one attached hydrogen (secondary N) is 2. The lowest BCUT2D eigenvalue weighted by Gasteiger charge is -2.46. The van der Waals surface area contributed by atoms with E-state index in [0.29, 0.717) is 12.1 Å². The van der Waals surface area contributed by atoms with E-state index in [1.165, 1.54) is 24.0 Å². The van der Waals surface area contributed by atoms with Gasteiger partial charge in [-0.2, -0.15) is 0 Å². The molecule has 0 unspecified atom stereocenters. The smallest absolute Gasteiger partial charge is 0.0602 e. The summed E-state index contributed by atoms with van der Waals surface area (Å²) in [6.45, 7) is 2.25. The van der Waals surface area contributed by atoms with E-state index in [-0.39, 0.29) is 5.54 Å². The minimum absolute atomic E-state index is 0.111. The van der Waals surface area contributed by atoms with Crippen molar-refractivity contribution in [1.82, 2.24) is 10.6 Å². The molecule has 2 aromatic carbocycles. The lowest BCUT2D eigenvalue weighted by Crippen LogP contribution is -2.58. The standard InChI is InChI=1S/C21H27ClN2/c1-16(17-10-4-3-5-11-17)24-20-14-8-9-15-21(20,23-2)18-12-6-7-13-19(18)22/h3-7,10-13,16,20,23-24H,8-9,14-15H2,1-2H3/t16-,20+,21+/m1/s1. The molecule has 3 rings (SSSR count). The molecule has 0 amide bonds. The predicted octanol–water partition coefficient (Wildman–Crippen LogP) is 5.05. The molecular formula is C21H27ClN2. The van der Waals surface area contributed by atoms with Crippen LogP contribution in [0.15, 0.2) is 54.6 Å². The average Bonchev–Trinajstić information content (AvgIpc) is 2.63. The van der Waals surface area contributed by atoms with Gasteiger partial charge in [0.05, 0.1) is 5.54 Å². The van der Waals surface area contributed by atoms with E-state index in [1.54, 1.807) is 0 Å². The van der Waals surface area contributed by atoms with Crippen molar-refractivity contribution in [2.75, 3.05) is 7.05 Å². The molecule has 128 valence electrons. The first-order valence-electron chi connectivity index (χ1n) is 8.92. The van der Waals surface area contributed by atoms with Gasteiger partial charge in [0.15, 0.2) is 0 Å². The summed E-state index contributed by atoms with van der Waals surface area (Å²) in [5.41, 5.74) is 2.43. The van der Waals surface area contributed by atoms with Crippen LogP contribution in [0, 0.1) is 0 Å². The van der Waals surface area contributed by atoms with Crippen molar-refractivity contribution in [2.45, 2.75) is 50.2 Å². The quantitative estimate of drug-likeness (QED) is 0.794. The Bertz CT molecular complexity index is 658. The third kappa shape index (κ3) is 3.37. The third-order valence-corrected chi connectivity index (χ3v) is 5.79. The van der Waals surface area contributed by atoms with E-state index < -0.39 is 0 Å². The summed E-state index contributed by atoms with van der Waals surface area (Å²) in [5.74, 6) is 0. The molecule has 1 aliphatic carbocycles. The topological polar surface area (TPSA) is 24.1 Å². The Morgan fingerprint density at radius 3 is 2.46 bits per heavy atom. The van der Waals surface area contributed by atoms with Gasteiger partial charge in [0.25, 0.3) is 0 Å². The van der Waals surface area contributed by atoms with E-state index in [2.05, 4.69) is 67.1 Å². The zero-order valence-corrected chi connectivity index (χ0v) is 15.3. The number of benzene rings is 2. The van der Waals surface area contributed by atoms with Crippen LogP contribution >= 0.6 is 11.6 Å². The average molecular weight is 343 g/mol. The fourth-order valence-electron chi connectivity index (χ4n) is 4.12. The van der Waals surface area contributed by atoms with Gasteiger partial charge < -0.3 is 10.6 Å². The SMILES string of the molecule is CN[C@]1(c2ccccc2Cl)CCCC[C@@H]1N[C@H](C)c1ccccc1. The minimum atomic E-state index is -0.111. The van der Waals surface area contributed by atoms with Gasteiger partial charge in [-0.05, 0) is 44.0 Å². The second-order valence-electron chi connectivity index (χ2n) is 6.80. The van der Waals surface area contributed by atoms with E-state index in [1.807, 2.05) is 12.1 Å². The zero-order chi connectivity index (χ0) is 17.0. The van der Waals surface area contributed by atoms with Gasteiger partial charge in [0, 0.05) is 17.1 Å². The normalized spacial score (nSPS) is 25.4. The molecule has 24 heavy (non-hydrogen) atoms. The summed E-state index contributed by atoms with van der Waals surface area (Å²) in [5, 5.41) is 8.37. The van der Waals surface area contributed by atoms with Crippen molar-refractivity contribution in [3.63, 3.8) is 0 Å². The van der Waals surface area contributed by atoms with Gasteiger partial charge in [-0.1, -0.05) is 73.0 Å². The van der Waals surface area contributed by atoms with E-state index in [0.717, 1.165) is 17.9 Å². The molecule has 0 aliphatic heterocycles. The highest BCUT2D eigenvalue weighted by molar-refractivity contribution is 6.31. The van der Waals surface area contributed by atoms with Crippen molar-refractivity contribution in [3.8, 4) is 0 Å². The second kappa shape index (κ2) is 7.69. The molecular weight excluding hydrogens is 316 g/mol. The first-order chi connectivity index (χ1) is 11.7. The lowest BCUT2D eigenvalue weighted by atomic mass is 9.72. The Balaban J connectivity index is 1.91. The van der Waals surface area contributed by atoms with Crippen LogP contribution in [0.2, 0.25) is 5.02 Å². The first kappa shape index (κ1) is 17.5. The number of hydrogen-bond donors (Lipinski definition) is 2. The van der Waals surface area contributed by atoms with E-state index >= 15 is 0 Å². The Morgan fingerprint density at radius 2 is 1.75 bits per heavy atom. The van der Waals surface area contributed by atoms with Crippen LogP contribution in [0.1, 0.15) is 49.8 Å². The zero-order valence-electron chi connectivity index (χ0n) is 14.6. The van der Waals surface area contributed by atoms with Gasteiger partial charge in [0.2, 0.25) is 0 Å². The molecule has 2 nitrogen and oxygen atoms in total. The van der Waals surface area contributed by atoms with Gasteiger partial charge in [0.1, 0.15) is 0 Å². The summed E-state index contributed by atoms with van der Waals surface area (Å²) < 4.78 is 0. The third-order valence-electron chi connectivity index (χ3n) is 5.46. The fourth-order valence-corrected chi connectivity index (χ4v) is 4.42. The van der Waals surface area contributed by atoms with Crippen LogP contribution in [0.5, 0.6) is 0 Å².